The van der Waals surface area contributed by atoms with Crippen LogP contribution in [0.4, 0.5) is 0 Å². The molecule has 2 N–H and O–H groups in total. The van der Waals surface area contributed by atoms with Crippen LogP contribution >= 0.6 is 0 Å². The number of ether oxygens (including phenoxy) is 1. The maximum absolute atomic E-state index is 12.4. The van der Waals surface area contributed by atoms with Crippen LogP contribution in [-0.2, 0) is 0 Å². The standard InChI is InChI=1S/C18H16N2O3/c1-9-4-5-12(10(2)6-9)15-13(8-19)17(20)23-14-7-11(3)22-18(21)16(14)15/h4-7,15H,20H2,1-3H3. The molecule has 0 radical (unpaired) electrons. The van der Waals surface area contributed by atoms with Gasteiger partial charge in [0.25, 0.3) is 0 Å². The first-order valence-corrected chi connectivity index (χ1v) is 7.21. The van der Waals surface area contributed by atoms with Crippen molar-refractivity contribution < 1.29 is 9.15 Å². The molecule has 1 aromatic carbocycles. The van der Waals surface area contributed by atoms with Crippen molar-refractivity contribution in [2.24, 2.45) is 5.73 Å². The molecule has 1 aromatic heterocycles. The molecule has 2 aromatic rings. The predicted molar refractivity (Wildman–Crippen MR) is 84.9 cm³/mol. The molecular weight excluding hydrogens is 292 g/mol. The number of nitrogens with two attached hydrogens (primary N) is 1. The van der Waals surface area contributed by atoms with Crippen molar-refractivity contribution in [1.82, 2.24) is 0 Å². The maximum atomic E-state index is 12.4. The van der Waals surface area contributed by atoms with Crippen molar-refractivity contribution in [1.29, 1.82) is 5.26 Å². The van der Waals surface area contributed by atoms with Gasteiger partial charge in [0.2, 0.25) is 5.88 Å². The first-order chi connectivity index (χ1) is 10.9. The van der Waals surface area contributed by atoms with E-state index < -0.39 is 11.5 Å². The van der Waals surface area contributed by atoms with E-state index in [1.54, 1.807) is 13.0 Å². The van der Waals surface area contributed by atoms with Gasteiger partial charge in [-0.2, -0.15) is 5.26 Å². The highest BCUT2D eigenvalue weighted by molar-refractivity contribution is 5.56. The minimum Gasteiger partial charge on any atom is -0.440 e. The maximum Gasteiger partial charge on any atom is 0.343 e. The van der Waals surface area contributed by atoms with Gasteiger partial charge in [0, 0.05) is 6.07 Å². The number of fused-ring (bicyclic) bond motifs is 1. The third-order valence-corrected chi connectivity index (χ3v) is 3.99. The molecule has 116 valence electrons. The molecule has 23 heavy (non-hydrogen) atoms. The van der Waals surface area contributed by atoms with Crippen LogP contribution < -0.4 is 16.1 Å². The average Bonchev–Trinajstić information content (AvgIpc) is 2.45. The van der Waals surface area contributed by atoms with Crippen LogP contribution in [0, 0.1) is 32.1 Å². The van der Waals surface area contributed by atoms with Crippen molar-refractivity contribution in [3.63, 3.8) is 0 Å². The smallest absolute Gasteiger partial charge is 0.343 e. The number of benzene rings is 1. The Labute approximate surface area is 133 Å². The number of allylic oxidation sites excluding steroid dienone is 1. The summed E-state index contributed by atoms with van der Waals surface area (Å²) in [5, 5.41) is 9.51. The SMILES string of the molecule is Cc1ccc(C2C(C#N)=C(N)Oc3cc(C)oc(=O)c32)c(C)c1. The zero-order chi connectivity index (χ0) is 16.7. The normalized spacial score (nSPS) is 16.5. The Morgan fingerprint density at radius 3 is 2.61 bits per heavy atom. The lowest BCUT2D eigenvalue weighted by Gasteiger charge is -2.26. The fourth-order valence-electron chi connectivity index (χ4n) is 2.98. The summed E-state index contributed by atoms with van der Waals surface area (Å²) in [6.45, 7) is 5.59. The molecule has 0 spiro atoms. The molecule has 0 bridgehead atoms. The Morgan fingerprint density at radius 2 is 1.96 bits per heavy atom. The molecule has 1 unspecified atom stereocenters. The van der Waals surface area contributed by atoms with Crippen molar-refractivity contribution in [3.8, 4) is 11.8 Å². The monoisotopic (exact) mass is 308 g/mol. The fourth-order valence-corrected chi connectivity index (χ4v) is 2.98. The van der Waals surface area contributed by atoms with Gasteiger partial charge in [0.05, 0.1) is 11.5 Å². The third-order valence-electron chi connectivity index (χ3n) is 3.99. The number of aryl methyl sites for hydroxylation is 3. The van der Waals surface area contributed by atoms with Crippen molar-refractivity contribution in [2.75, 3.05) is 0 Å². The zero-order valence-electron chi connectivity index (χ0n) is 13.1. The van der Waals surface area contributed by atoms with Gasteiger partial charge >= 0.3 is 5.63 Å². The first-order valence-electron chi connectivity index (χ1n) is 7.21. The largest absolute Gasteiger partial charge is 0.440 e. The lowest BCUT2D eigenvalue weighted by atomic mass is 9.82. The Balaban J connectivity index is 2.34. The van der Waals surface area contributed by atoms with Gasteiger partial charge in [0.1, 0.15) is 23.2 Å². The molecule has 0 amide bonds. The van der Waals surface area contributed by atoms with E-state index in [1.807, 2.05) is 32.0 Å². The van der Waals surface area contributed by atoms with Crippen LogP contribution in [0.5, 0.6) is 5.75 Å². The third kappa shape index (κ3) is 2.38. The highest BCUT2D eigenvalue weighted by atomic mass is 16.5. The van der Waals surface area contributed by atoms with E-state index in [-0.39, 0.29) is 11.5 Å². The quantitative estimate of drug-likeness (QED) is 0.875. The Kier molecular flexibility index (Phi) is 3.45. The highest BCUT2D eigenvalue weighted by Crippen LogP contribution is 2.41. The summed E-state index contributed by atoms with van der Waals surface area (Å²) in [5.41, 5.74) is 8.86. The molecule has 0 saturated heterocycles. The van der Waals surface area contributed by atoms with E-state index in [0.29, 0.717) is 17.1 Å². The van der Waals surface area contributed by atoms with E-state index in [1.165, 1.54) is 0 Å². The number of nitrogens with zero attached hydrogens (tertiary/aromatic N) is 1. The molecule has 3 rings (SSSR count). The molecule has 0 saturated carbocycles. The van der Waals surface area contributed by atoms with Crippen LogP contribution in [0.1, 0.15) is 33.9 Å². The Morgan fingerprint density at radius 1 is 1.22 bits per heavy atom. The average molecular weight is 308 g/mol. The van der Waals surface area contributed by atoms with Crippen molar-refractivity contribution >= 4 is 0 Å². The summed E-state index contributed by atoms with van der Waals surface area (Å²) in [7, 11) is 0. The lowest BCUT2D eigenvalue weighted by Crippen LogP contribution is -2.26. The molecule has 1 aliphatic rings. The van der Waals surface area contributed by atoms with Gasteiger partial charge < -0.3 is 14.9 Å². The number of hydrogen-bond donors (Lipinski definition) is 1. The summed E-state index contributed by atoms with van der Waals surface area (Å²) in [5.74, 6) is 0.220. The molecule has 5 heteroatoms. The molecule has 0 fully saturated rings. The van der Waals surface area contributed by atoms with Crippen LogP contribution in [0.3, 0.4) is 0 Å². The van der Waals surface area contributed by atoms with Gasteiger partial charge in [-0.15, -0.1) is 0 Å². The fraction of sp³-hybridized carbons (Fsp3) is 0.222. The van der Waals surface area contributed by atoms with Gasteiger partial charge in [-0.05, 0) is 31.9 Å². The second-order valence-corrected chi connectivity index (χ2v) is 5.71. The summed E-state index contributed by atoms with van der Waals surface area (Å²) in [6, 6.07) is 9.55. The topological polar surface area (TPSA) is 89.2 Å². The van der Waals surface area contributed by atoms with Gasteiger partial charge in [-0.25, -0.2) is 4.79 Å². The van der Waals surface area contributed by atoms with E-state index >= 15 is 0 Å². The number of hydrogen-bond acceptors (Lipinski definition) is 5. The van der Waals surface area contributed by atoms with Crippen LogP contribution in [-0.4, -0.2) is 0 Å². The molecule has 1 atom stereocenters. The van der Waals surface area contributed by atoms with Gasteiger partial charge in [-0.3, -0.25) is 0 Å². The predicted octanol–water partition coefficient (Wildman–Crippen LogP) is 2.78. The summed E-state index contributed by atoms with van der Waals surface area (Å²) in [6.07, 6.45) is 0. The molecule has 0 aliphatic carbocycles. The lowest BCUT2D eigenvalue weighted by molar-refractivity contribution is 0.371. The van der Waals surface area contributed by atoms with Crippen LogP contribution in [0.2, 0.25) is 0 Å². The molecule has 5 nitrogen and oxygen atoms in total. The van der Waals surface area contributed by atoms with E-state index in [0.717, 1.165) is 16.7 Å². The minimum absolute atomic E-state index is 0.0231. The van der Waals surface area contributed by atoms with Gasteiger partial charge in [0.15, 0.2) is 0 Å². The van der Waals surface area contributed by atoms with Crippen LogP contribution in [0.25, 0.3) is 0 Å². The molecular formula is C18H16N2O3. The number of rotatable bonds is 1. The Hall–Kier alpha value is -3.00. The molecule has 2 heterocycles. The summed E-state index contributed by atoms with van der Waals surface area (Å²) < 4.78 is 10.7. The minimum atomic E-state index is -0.582. The second kappa shape index (κ2) is 5.33. The summed E-state index contributed by atoms with van der Waals surface area (Å²) >= 11 is 0. The second-order valence-electron chi connectivity index (χ2n) is 5.71. The first kappa shape index (κ1) is 14.9. The van der Waals surface area contributed by atoms with Crippen molar-refractivity contribution in [2.45, 2.75) is 26.7 Å². The Bertz CT molecular complexity index is 932. The highest BCUT2D eigenvalue weighted by Gasteiger charge is 2.34. The van der Waals surface area contributed by atoms with E-state index in [2.05, 4.69) is 6.07 Å². The van der Waals surface area contributed by atoms with Crippen LogP contribution in [0.15, 0.2) is 44.9 Å². The molecule has 1 aliphatic heterocycles. The van der Waals surface area contributed by atoms with Gasteiger partial charge in [-0.1, -0.05) is 23.8 Å². The van der Waals surface area contributed by atoms with E-state index in [9.17, 15) is 10.1 Å². The van der Waals surface area contributed by atoms with E-state index in [4.69, 9.17) is 14.9 Å². The zero-order valence-corrected chi connectivity index (χ0v) is 13.1. The number of nitriles is 1. The van der Waals surface area contributed by atoms with Crippen molar-refractivity contribution in [3.05, 3.63) is 74.2 Å². The summed E-state index contributed by atoms with van der Waals surface area (Å²) in [4.78, 5) is 12.4.